The second-order valence-corrected chi connectivity index (χ2v) is 9.64. The van der Waals surface area contributed by atoms with Gasteiger partial charge in [0.05, 0.1) is 28.2 Å². The maximum atomic E-state index is 13.5. The van der Waals surface area contributed by atoms with Gasteiger partial charge < -0.3 is 19.9 Å². The fraction of sp³-hybridized carbons (Fsp3) is 0.172. The Kier molecular flexibility index (Phi) is 5.30. The Morgan fingerprint density at radius 2 is 1.84 bits per heavy atom. The molecular weight excluding hydrogens is 486 g/mol. The number of amides is 1. The van der Waals surface area contributed by atoms with Crippen LogP contribution in [0, 0.1) is 6.92 Å². The van der Waals surface area contributed by atoms with Gasteiger partial charge in [0.1, 0.15) is 17.6 Å². The molecule has 0 spiro atoms. The van der Waals surface area contributed by atoms with E-state index in [1.54, 1.807) is 24.3 Å². The van der Waals surface area contributed by atoms with E-state index in [2.05, 4.69) is 9.97 Å². The van der Waals surface area contributed by atoms with E-state index in [0.717, 1.165) is 16.9 Å². The number of aromatic carboxylic acids is 1. The smallest absolute Gasteiger partial charge is 0.335 e. The number of carbonyl (C=O) groups is 3. The largest absolute Gasteiger partial charge is 0.507 e. The minimum Gasteiger partial charge on any atom is -0.507 e. The molecule has 6 rings (SSSR count). The van der Waals surface area contributed by atoms with Gasteiger partial charge in [-0.1, -0.05) is 29.8 Å². The Hall–Kier alpha value is -4.92. The second kappa shape index (κ2) is 8.58. The standard InChI is InChI=1S/C29H23N3O6/c1-14-4-3-5-16(10-14)24-23(25(33)17-7-9-22-19(12-17)11-15(2)38-22)26(34)27(35)32(24)29-30-20-8-6-18(28(36)37)13-21(20)31-29/h3-10,12-13,15,24,33H,11H2,1-2H3,(H,30,31)(H,36,37)/b25-23+. The Bertz CT molecular complexity index is 1700. The van der Waals surface area contributed by atoms with Gasteiger partial charge in [0, 0.05) is 12.0 Å². The summed E-state index contributed by atoms with van der Waals surface area (Å²) in [7, 11) is 0. The first-order valence-corrected chi connectivity index (χ1v) is 12.1. The Morgan fingerprint density at radius 3 is 2.61 bits per heavy atom. The lowest BCUT2D eigenvalue weighted by molar-refractivity contribution is -0.132. The zero-order valence-corrected chi connectivity index (χ0v) is 20.6. The fourth-order valence-electron chi connectivity index (χ4n) is 5.17. The van der Waals surface area contributed by atoms with Crippen LogP contribution in [0.25, 0.3) is 16.8 Å². The number of aryl methyl sites for hydroxylation is 1. The van der Waals surface area contributed by atoms with Crippen LogP contribution in [-0.2, 0) is 16.0 Å². The van der Waals surface area contributed by atoms with Crippen molar-refractivity contribution in [2.75, 3.05) is 4.90 Å². The number of rotatable bonds is 4. The molecule has 9 heteroatoms. The first kappa shape index (κ1) is 23.5. The van der Waals surface area contributed by atoms with Gasteiger partial charge in [0.15, 0.2) is 0 Å². The predicted molar refractivity (Wildman–Crippen MR) is 139 cm³/mol. The highest BCUT2D eigenvalue weighted by Gasteiger charge is 2.48. The zero-order chi connectivity index (χ0) is 26.7. The van der Waals surface area contributed by atoms with Gasteiger partial charge in [-0.05, 0) is 61.4 Å². The second-order valence-electron chi connectivity index (χ2n) is 9.64. The molecule has 1 amide bonds. The SMILES string of the molecule is Cc1cccc(C2/C(=C(\O)c3ccc4c(c3)CC(C)O4)C(=O)C(=O)N2c2nc3ccc(C(=O)O)cc3[nH]2)c1. The van der Waals surface area contributed by atoms with E-state index in [0.29, 0.717) is 28.6 Å². The van der Waals surface area contributed by atoms with Gasteiger partial charge in [-0.3, -0.25) is 14.5 Å². The number of nitrogens with zero attached hydrogens (tertiary/aromatic N) is 2. The minimum atomic E-state index is -1.10. The number of hydrogen-bond acceptors (Lipinski definition) is 6. The van der Waals surface area contributed by atoms with Crippen molar-refractivity contribution in [3.8, 4) is 5.75 Å². The Morgan fingerprint density at radius 1 is 1.05 bits per heavy atom. The van der Waals surface area contributed by atoms with Crippen molar-refractivity contribution < 1.29 is 29.3 Å². The number of hydrogen-bond donors (Lipinski definition) is 3. The lowest BCUT2D eigenvalue weighted by atomic mass is 9.94. The van der Waals surface area contributed by atoms with Crippen LogP contribution in [-0.4, -0.2) is 43.9 Å². The third kappa shape index (κ3) is 3.71. The monoisotopic (exact) mass is 509 g/mol. The molecular formula is C29H23N3O6. The summed E-state index contributed by atoms with van der Waals surface area (Å²) in [5.41, 5.74) is 3.68. The lowest BCUT2D eigenvalue weighted by Crippen LogP contribution is -2.30. The molecule has 3 aromatic carbocycles. The number of H-pyrrole nitrogens is 1. The number of ketones is 1. The van der Waals surface area contributed by atoms with Gasteiger partial charge in [-0.25, -0.2) is 9.78 Å². The molecule has 2 aliphatic rings. The fourth-order valence-corrected chi connectivity index (χ4v) is 5.17. The number of aromatic nitrogens is 2. The number of carboxylic acids is 1. The summed E-state index contributed by atoms with van der Waals surface area (Å²) in [4.78, 5) is 47.1. The first-order chi connectivity index (χ1) is 18.2. The summed E-state index contributed by atoms with van der Waals surface area (Å²) in [5.74, 6) is -2.28. The molecule has 1 aromatic heterocycles. The van der Waals surface area contributed by atoms with E-state index in [1.165, 1.54) is 23.1 Å². The molecule has 2 atom stereocenters. The summed E-state index contributed by atoms with van der Waals surface area (Å²) >= 11 is 0. The molecule has 1 saturated heterocycles. The molecule has 1 fully saturated rings. The van der Waals surface area contributed by atoms with E-state index in [4.69, 9.17) is 4.74 Å². The lowest BCUT2D eigenvalue weighted by Gasteiger charge is -2.23. The molecule has 0 radical (unpaired) electrons. The van der Waals surface area contributed by atoms with Gasteiger partial charge in [0.25, 0.3) is 5.78 Å². The van der Waals surface area contributed by atoms with Gasteiger partial charge in [0.2, 0.25) is 5.95 Å². The number of aromatic amines is 1. The van der Waals surface area contributed by atoms with Crippen LogP contribution in [0.15, 0.2) is 66.2 Å². The third-order valence-corrected chi connectivity index (χ3v) is 6.92. The summed E-state index contributed by atoms with van der Waals surface area (Å²) in [6, 6.07) is 16.0. The van der Waals surface area contributed by atoms with E-state index in [-0.39, 0.29) is 28.9 Å². The number of aliphatic hydroxyl groups is 1. The summed E-state index contributed by atoms with van der Waals surface area (Å²) in [5, 5.41) is 20.8. The van der Waals surface area contributed by atoms with Crippen molar-refractivity contribution in [2.45, 2.75) is 32.4 Å². The molecule has 190 valence electrons. The highest BCUT2D eigenvalue weighted by atomic mass is 16.5. The number of benzene rings is 3. The molecule has 0 bridgehead atoms. The van der Waals surface area contributed by atoms with Crippen molar-refractivity contribution in [3.63, 3.8) is 0 Å². The molecule has 0 saturated carbocycles. The number of imidazole rings is 1. The summed E-state index contributed by atoms with van der Waals surface area (Å²) in [6.07, 6.45) is 0.679. The van der Waals surface area contributed by atoms with Crippen LogP contribution in [0.3, 0.4) is 0 Å². The van der Waals surface area contributed by atoms with Crippen molar-refractivity contribution in [1.29, 1.82) is 0 Å². The van der Waals surface area contributed by atoms with Crippen LogP contribution in [0.2, 0.25) is 0 Å². The van der Waals surface area contributed by atoms with E-state index in [1.807, 2.05) is 32.0 Å². The highest BCUT2D eigenvalue weighted by molar-refractivity contribution is 6.51. The highest BCUT2D eigenvalue weighted by Crippen LogP contribution is 2.42. The number of anilines is 1. The number of fused-ring (bicyclic) bond motifs is 2. The zero-order valence-electron chi connectivity index (χ0n) is 20.6. The van der Waals surface area contributed by atoms with E-state index < -0.39 is 23.7 Å². The number of nitrogens with one attached hydrogen (secondary N) is 1. The van der Waals surface area contributed by atoms with Crippen LogP contribution >= 0.6 is 0 Å². The third-order valence-electron chi connectivity index (χ3n) is 6.92. The van der Waals surface area contributed by atoms with E-state index >= 15 is 0 Å². The topological polar surface area (TPSA) is 133 Å². The molecule has 38 heavy (non-hydrogen) atoms. The molecule has 2 unspecified atom stereocenters. The van der Waals surface area contributed by atoms with Crippen molar-refractivity contribution >= 4 is 40.4 Å². The number of carboxylic acid groups (broad SMARTS) is 1. The van der Waals surface area contributed by atoms with Crippen LogP contribution in [0.4, 0.5) is 5.95 Å². The van der Waals surface area contributed by atoms with Crippen molar-refractivity contribution in [2.24, 2.45) is 0 Å². The molecule has 3 heterocycles. The minimum absolute atomic E-state index is 0.00926. The number of Topliss-reactive ketones (excluding diaryl/α,β-unsaturated/α-hetero) is 1. The molecule has 2 aliphatic heterocycles. The quantitative estimate of drug-likeness (QED) is 0.209. The average Bonchev–Trinajstić information content (AvgIpc) is 3.55. The van der Waals surface area contributed by atoms with Crippen LogP contribution < -0.4 is 9.64 Å². The van der Waals surface area contributed by atoms with Crippen LogP contribution in [0.5, 0.6) is 5.75 Å². The van der Waals surface area contributed by atoms with Gasteiger partial charge in [-0.15, -0.1) is 0 Å². The molecule has 0 aliphatic carbocycles. The Balaban J connectivity index is 1.53. The number of ether oxygens (including phenoxy) is 1. The van der Waals surface area contributed by atoms with E-state index in [9.17, 15) is 24.6 Å². The van der Waals surface area contributed by atoms with Crippen molar-refractivity contribution in [3.05, 3.63) is 94.1 Å². The predicted octanol–water partition coefficient (Wildman–Crippen LogP) is 4.52. The summed E-state index contributed by atoms with van der Waals surface area (Å²) in [6.45, 7) is 3.85. The normalized spacial score (nSPS) is 20.1. The Labute approximate surface area is 217 Å². The number of carbonyl (C=O) groups excluding carboxylic acids is 2. The number of aliphatic hydroxyl groups excluding tert-OH is 1. The maximum absolute atomic E-state index is 13.5. The molecule has 3 N–H and O–H groups in total. The van der Waals surface area contributed by atoms with Crippen LogP contribution in [0.1, 0.15) is 45.6 Å². The molecule has 9 nitrogen and oxygen atoms in total. The first-order valence-electron chi connectivity index (χ1n) is 12.1. The van der Waals surface area contributed by atoms with Gasteiger partial charge in [-0.2, -0.15) is 0 Å². The summed E-state index contributed by atoms with van der Waals surface area (Å²) < 4.78 is 5.76. The molecule has 4 aromatic rings. The van der Waals surface area contributed by atoms with Crippen molar-refractivity contribution in [1.82, 2.24) is 9.97 Å². The average molecular weight is 510 g/mol. The van der Waals surface area contributed by atoms with Gasteiger partial charge >= 0.3 is 11.9 Å². The maximum Gasteiger partial charge on any atom is 0.335 e.